The van der Waals surface area contributed by atoms with Crippen LogP contribution in [-0.4, -0.2) is 6.04 Å². The second-order valence-corrected chi connectivity index (χ2v) is 9.85. The van der Waals surface area contributed by atoms with Crippen LogP contribution >= 0.6 is 23.1 Å². The summed E-state index contributed by atoms with van der Waals surface area (Å²) in [6.07, 6.45) is 4.79. The minimum atomic E-state index is 0.538. The third-order valence-corrected chi connectivity index (χ3v) is 8.35. The molecule has 0 radical (unpaired) electrons. The molecule has 0 N–H and O–H groups in total. The summed E-state index contributed by atoms with van der Waals surface area (Å²) in [5.41, 5.74) is 5.79. The number of rotatable bonds is 1. The molecule has 3 aliphatic heterocycles. The summed E-state index contributed by atoms with van der Waals surface area (Å²) in [4.78, 5) is 3.94. The van der Waals surface area contributed by atoms with E-state index in [4.69, 9.17) is 0 Å². The molecule has 0 saturated carbocycles. The van der Waals surface area contributed by atoms with Gasteiger partial charge in [0.2, 0.25) is 5.52 Å². The lowest BCUT2D eigenvalue weighted by molar-refractivity contribution is -0.683. The van der Waals surface area contributed by atoms with Crippen molar-refractivity contribution in [3.05, 3.63) is 70.2 Å². The van der Waals surface area contributed by atoms with E-state index in [0.29, 0.717) is 12.1 Å². The van der Waals surface area contributed by atoms with Crippen LogP contribution in [0, 0.1) is 0 Å². The van der Waals surface area contributed by atoms with Crippen molar-refractivity contribution in [3.8, 4) is 0 Å². The molecule has 0 fully saturated rings. The Morgan fingerprint density at radius 3 is 2.78 bits per heavy atom. The lowest BCUT2D eigenvalue weighted by Gasteiger charge is -2.20. The average molecular weight is 390 g/mol. The molecule has 0 saturated heterocycles. The van der Waals surface area contributed by atoms with Gasteiger partial charge in [-0.15, -0.1) is 0 Å². The van der Waals surface area contributed by atoms with Crippen molar-refractivity contribution in [1.82, 2.24) is 0 Å². The number of fused-ring (bicyclic) bond motifs is 6. The highest BCUT2D eigenvalue weighted by atomic mass is 32.2. The molecular formula is C23H21N2S2+. The zero-order valence-electron chi connectivity index (χ0n) is 15.5. The van der Waals surface area contributed by atoms with Crippen LogP contribution < -0.4 is 9.47 Å². The van der Waals surface area contributed by atoms with Crippen LogP contribution in [0.4, 0.5) is 5.69 Å². The molecule has 2 unspecified atom stereocenters. The van der Waals surface area contributed by atoms with Crippen molar-refractivity contribution in [3.63, 3.8) is 0 Å². The van der Waals surface area contributed by atoms with E-state index < -0.39 is 0 Å². The summed E-state index contributed by atoms with van der Waals surface area (Å²) >= 11 is 3.89. The molecule has 134 valence electrons. The van der Waals surface area contributed by atoms with Crippen LogP contribution in [0.15, 0.2) is 70.1 Å². The van der Waals surface area contributed by atoms with Crippen molar-refractivity contribution in [1.29, 1.82) is 0 Å². The molecule has 0 spiro atoms. The minimum absolute atomic E-state index is 0.538. The van der Waals surface area contributed by atoms with Gasteiger partial charge in [-0.2, -0.15) is 4.57 Å². The van der Waals surface area contributed by atoms with Crippen molar-refractivity contribution >= 4 is 44.6 Å². The third-order valence-electron chi connectivity index (χ3n) is 5.91. The molecule has 3 aromatic rings. The smallest absolute Gasteiger partial charge is 0.266 e. The zero-order chi connectivity index (χ0) is 18.1. The Kier molecular flexibility index (Phi) is 3.39. The number of thioether (sulfide) groups is 1. The molecule has 27 heavy (non-hydrogen) atoms. The highest BCUT2D eigenvalue weighted by molar-refractivity contribution is 8.03. The monoisotopic (exact) mass is 389 g/mol. The first-order valence-electron chi connectivity index (χ1n) is 9.64. The van der Waals surface area contributed by atoms with E-state index in [1.807, 2.05) is 23.1 Å². The number of aromatic nitrogens is 1. The Morgan fingerprint density at radius 2 is 1.85 bits per heavy atom. The Morgan fingerprint density at radius 1 is 1.04 bits per heavy atom. The number of benzene rings is 2. The van der Waals surface area contributed by atoms with Gasteiger partial charge in [0, 0.05) is 29.0 Å². The van der Waals surface area contributed by atoms with E-state index in [1.165, 1.54) is 42.0 Å². The van der Waals surface area contributed by atoms with Gasteiger partial charge in [-0.3, -0.25) is 0 Å². The molecule has 4 heteroatoms. The second kappa shape index (κ2) is 5.73. The highest BCUT2D eigenvalue weighted by Crippen LogP contribution is 2.53. The van der Waals surface area contributed by atoms with Crippen LogP contribution in [0.1, 0.15) is 37.7 Å². The first-order valence-corrected chi connectivity index (χ1v) is 11.3. The first-order chi connectivity index (χ1) is 13.2. The van der Waals surface area contributed by atoms with Gasteiger partial charge in [-0.25, -0.2) is 0 Å². The molecule has 1 aromatic heterocycles. The van der Waals surface area contributed by atoms with Gasteiger partial charge in [-0.1, -0.05) is 47.4 Å². The Bertz CT molecular complexity index is 1150. The van der Waals surface area contributed by atoms with Crippen molar-refractivity contribution in [2.45, 2.75) is 43.7 Å². The number of hydrogen-bond acceptors (Lipinski definition) is 3. The van der Waals surface area contributed by atoms with E-state index in [0.717, 1.165) is 12.8 Å². The lowest BCUT2D eigenvalue weighted by atomic mass is 10.1. The normalized spacial score (nSPS) is 24.8. The van der Waals surface area contributed by atoms with Crippen molar-refractivity contribution < 1.29 is 4.57 Å². The van der Waals surface area contributed by atoms with Crippen molar-refractivity contribution in [2.24, 2.45) is 0 Å². The fraction of sp³-hybridized carbons (Fsp3) is 0.261. The SMILES string of the molecule is CC1CC(C=C2CC(C)[n+]3c2sc2ccccc23)=C2Sc3ccccc3N21. The molecule has 0 bridgehead atoms. The predicted octanol–water partition coefficient (Wildman–Crippen LogP) is 6.15. The van der Waals surface area contributed by atoms with Crippen LogP contribution in [0.5, 0.6) is 0 Å². The summed E-state index contributed by atoms with van der Waals surface area (Å²) in [5, 5.41) is 2.90. The van der Waals surface area contributed by atoms with Gasteiger partial charge >= 0.3 is 0 Å². The van der Waals surface area contributed by atoms with E-state index >= 15 is 0 Å². The quantitative estimate of drug-likeness (QED) is 0.461. The van der Waals surface area contributed by atoms with Gasteiger partial charge < -0.3 is 4.90 Å². The molecule has 2 nitrogen and oxygen atoms in total. The minimum Gasteiger partial charge on any atom is -0.332 e. The van der Waals surface area contributed by atoms with E-state index in [1.54, 1.807) is 0 Å². The zero-order valence-corrected chi connectivity index (χ0v) is 17.1. The Hall–Kier alpha value is -2.04. The number of thiazole rings is 1. The molecule has 4 heterocycles. The predicted molar refractivity (Wildman–Crippen MR) is 115 cm³/mol. The maximum atomic E-state index is 2.55. The van der Waals surface area contributed by atoms with E-state index in [9.17, 15) is 0 Å². The molecule has 2 atom stereocenters. The van der Waals surface area contributed by atoms with Gasteiger partial charge in [-0.05, 0) is 50.1 Å². The van der Waals surface area contributed by atoms with Crippen LogP contribution in [0.2, 0.25) is 0 Å². The largest absolute Gasteiger partial charge is 0.332 e. The molecule has 3 aliphatic rings. The standard InChI is InChI=1S/C23H21N2S2/c1-14-11-16(22-24(14)18-7-3-5-9-20(18)26-22)13-17-12-15(2)25-19-8-4-6-10-21(19)27-23(17)25/h3-10,13-15H,11-12H2,1-2H3/q+1. The van der Waals surface area contributed by atoms with Crippen LogP contribution in [0.25, 0.3) is 15.8 Å². The molecule has 0 aliphatic carbocycles. The van der Waals surface area contributed by atoms with Crippen molar-refractivity contribution in [2.75, 3.05) is 4.90 Å². The van der Waals surface area contributed by atoms with Gasteiger partial charge in [0.25, 0.3) is 5.01 Å². The first kappa shape index (κ1) is 16.0. The summed E-state index contributed by atoms with van der Waals surface area (Å²) in [7, 11) is 0. The number of nitrogens with zero attached hydrogens (tertiary/aromatic N) is 2. The third kappa shape index (κ3) is 2.23. The van der Waals surface area contributed by atoms with E-state index in [-0.39, 0.29) is 0 Å². The lowest BCUT2D eigenvalue weighted by Crippen LogP contribution is -2.34. The fourth-order valence-corrected chi connectivity index (χ4v) is 7.32. The molecule has 6 rings (SSSR count). The number of para-hydroxylation sites is 2. The van der Waals surface area contributed by atoms with E-state index in [2.05, 4.69) is 77.9 Å². The van der Waals surface area contributed by atoms with Crippen LogP contribution in [0.3, 0.4) is 0 Å². The fourth-order valence-electron chi connectivity index (χ4n) is 4.77. The Labute approximate surface area is 167 Å². The summed E-state index contributed by atoms with van der Waals surface area (Å²) in [6, 6.07) is 18.7. The number of hydrogen-bond donors (Lipinski definition) is 0. The van der Waals surface area contributed by atoms with Gasteiger partial charge in [0.05, 0.1) is 10.7 Å². The van der Waals surface area contributed by atoms with Gasteiger partial charge in [0.1, 0.15) is 4.70 Å². The summed E-state index contributed by atoms with van der Waals surface area (Å²) < 4.78 is 3.94. The molecule has 0 amide bonds. The average Bonchev–Trinajstić information content (AvgIpc) is 3.38. The summed E-state index contributed by atoms with van der Waals surface area (Å²) in [5.74, 6) is 0. The maximum Gasteiger partial charge on any atom is 0.266 e. The topological polar surface area (TPSA) is 7.12 Å². The Balaban J connectivity index is 1.47. The molecule has 2 aromatic carbocycles. The maximum absolute atomic E-state index is 2.55. The highest BCUT2D eigenvalue weighted by Gasteiger charge is 2.39. The summed E-state index contributed by atoms with van der Waals surface area (Å²) in [6.45, 7) is 4.70. The number of allylic oxidation sites excluding steroid dienone is 2. The molecular weight excluding hydrogens is 368 g/mol. The van der Waals surface area contributed by atoms with Crippen LogP contribution in [-0.2, 0) is 0 Å². The van der Waals surface area contributed by atoms with Gasteiger partial charge in [0.15, 0.2) is 6.04 Å². The number of anilines is 1. The second-order valence-electron chi connectivity index (χ2n) is 7.79.